The smallest absolute Gasteiger partial charge is 0.407 e. The lowest BCUT2D eigenvalue weighted by Crippen LogP contribution is -2.56. The van der Waals surface area contributed by atoms with Gasteiger partial charge in [0.1, 0.15) is 5.60 Å². The number of nitrogen functional groups attached to an aromatic ring is 1. The summed E-state index contributed by atoms with van der Waals surface area (Å²) in [6.45, 7) is 11.4. The molecule has 0 bridgehead atoms. The average molecular weight is 1080 g/mol. The highest BCUT2D eigenvalue weighted by Crippen LogP contribution is 2.31. The number of nitrogens with one attached hydrogen (secondary N) is 2. The van der Waals surface area contributed by atoms with Crippen molar-refractivity contribution in [2.75, 3.05) is 68.4 Å². The van der Waals surface area contributed by atoms with Gasteiger partial charge in [0.25, 0.3) is 29.5 Å². The fourth-order valence-corrected chi connectivity index (χ4v) is 8.41. The lowest BCUT2D eigenvalue weighted by Gasteiger charge is -2.35. The number of carboxylic acids is 1. The highest BCUT2D eigenvalue weighted by atomic mass is 16.6. The number of aryl methyl sites for hydroxylation is 1. The number of fused-ring (bicyclic) bond motifs is 2. The second kappa shape index (κ2) is 27.1. The first-order valence-electron chi connectivity index (χ1n) is 24.8. The van der Waals surface area contributed by atoms with Crippen molar-refractivity contribution in [1.29, 1.82) is 0 Å². The van der Waals surface area contributed by atoms with Gasteiger partial charge in [0.15, 0.2) is 12.2 Å². The Morgan fingerprint density at radius 2 is 1.14 bits per heavy atom. The molecule has 4 heterocycles. The van der Waals surface area contributed by atoms with Gasteiger partial charge in [-0.15, -0.1) is 0 Å². The van der Waals surface area contributed by atoms with Gasteiger partial charge in [-0.25, -0.2) is 9.59 Å². The molecule has 4 aliphatic heterocycles. The van der Waals surface area contributed by atoms with Crippen molar-refractivity contribution in [1.82, 2.24) is 15.1 Å². The number of hydrogen-bond acceptors (Lipinski definition) is 16. The van der Waals surface area contributed by atoms with Crippen LogP contribution in [0.3, 0.4) is 0 Å². The number of carbonyl (C=O) groups excluding carboxylic acids is 8. The molecule has 0 spiro atoms. The van der Waals surface area contributed by atoms with Gasteiger partial charge in [-0.2, -0.15) is 0 Å². The van der Waals surface area contributed by atoms with Crippen molar-refractivity contribution in [2.24, 2.45) is 0 Å². The molecule has 4 aliphatic rings. The number of amides is 6. The summed E-state index contributed by atoms with van der Waals surface area (Å²) in [7, 11) is 4.39. The lowest BCUT2D eigenvalue weighted by atomic mass is 10.1. The van der Waals surface area contributed by atoms with Crippen LogP contribution in [-0.4, -0.2) is 151 Å². The molecule has 2 fully saturated rings. The zero-order valence-corrected chi connectivity index (χ0v) is 45.0. The molecule has 4 aromatic rings. The summed E-state index contributed by atoms with van der Waals surface area (Å²) >= 11 is 0. The van der Waals surface area contributed by atoms with E-state index in [0.717, 1.165) is 49.8 Å². The molecule has 8 rings (SSSR count). The van der Waals surface area contributed by atoms with Gasteiger partial charge in [0.05, 0.1) is 13.2 Å². The molecule has 4 aromatic carbocycles. The third-order valence-electron chi connectivity index (χ3n) is 12.1. The number of alkyl carbamates (subject to hydrolysis) is 1. The van der Waals surface area contributed by atoms with Crippen LogP contribution < -0.4 is 26.2 Å². The SMILES string of the molecule is CC(=O)O[C@@H](C(=O)Nc1ccc(CNC(=O)OC(C)(C)C)cc1)[C@H]1OCCN(c2ccc3c(c2)CN(C)C3=O)C1=O.CC(=O)O[C@@H](C(=O)O)[C@H]1OCCN(c2ccc3c(c2)CN(C)C3=O)C1=O.CCc1ccc(N)cc1.CO. The number of aliphatic hydroxyl groups is 1. The summed E-state index contributed by atoms with van der Waals surface area (Å²) in [6, 6.07) is 24.8. The molecule has 0 unspecified atom stereocenters. The molecule has 0 aromatic heterocycles. The summed E-state index contributed by atoms with van der Waals surface area (Å²) in [4.78, 5) is 116. The quantitative estimate of drug-likeness (QED) is 0.0759. The van der Waals surface area contributed by atoms with Crippen LogP contribution in [-0.2, 0) is 78.5 Å². The van der Waals surface area contributed by atoms with Gasteiger partial charge in [-0.1, -0.05) is 31.2 Å². The normalized spacial score (nSPS) is 17.3. The van der Waals surface area contributed by atoms with Gasteiger partial charge >= 0.3 is 24.0 Å². The molecule has 4 atom stereocenters. The number of carboxylic acid groups (broad SMARTS) is 1. The number of carbonyl (C=O) groups is 9. The van der Waals surface area contributed by atoms with Crippen LogP contribution in [0.4, 0.5) is 27.5 Å². The van der Waals surface area contributed by atoms with E-state index in [1.165, 1.54) is 15.4 Å². The number of morpholine rings is 2. The first-order valence-corrected chi connectivity index (χ1v) is 24.8. The maximum absolute atomic E-state index is 13.5. The lowest BCUT2D eigenvalue weighted by molar-refractivity contribution is -0.177. The van der Waals surface area contributed by atoms with Crippen LogP contribution in [0.2, 0.25) is 0 Å². The van der Waals surface area contributed by atoms with E-state index in [9.17, 15) is 48.3 Å². The van der Waals surface area contributed by atoms with Crippen LogP contribution >= 0.6 is 0 Å². The minimum atomic E-state index is -1.72. The van der Waals surface area contributed by atoms with Gasteiger partial charge in [0, 0.05) is 102 Å². The van der Waals surface area contributed by atoms with E-state index >= 15 is 0 Å². The summed E-state index contributed by atoms with van der Waals surface area (Å²) < 4.78 is 26.2. The van der Waals surface area contributed by atoms with Gasteiger partial charge < -0.3 is 69.9 Å². The number of esters is 2. The molecule has 0 aliphatic carbocycles. The molecule has 78 heavy (non-hydrogen) atoms. The van der Waals surface area contributed by atoms with E-state index in [-0.39, 0.29) is 44.7 Å². The highest BCUT2D eigenvalue weighted by Gasteiger charge is 2.44. The number of anilines is 4. The molecular formula is C55H67N7O16. The largest absolute Gasteiger partial charge is 0.478 e. The number of nitrogens with zero attached hydrogens (tertiary/aromatic N) is 4. The molecule has 23 heteroatoms. The van der Waals surface area contributed by atoms with Crippen LogP contribution in [0.25, 0.3) is 0 Å². The van der Waals surface area contributed by atoms with E-state index < -0.39 is 71.7 Å². The average Bonchev–Trinajstić information content (AvgIpc) is 3.89. The Labute approximate surface area is 451 Å². The molecule has 6 amide bonds. The van der Waals surface area contributed by atoms with Gasteiger partial charge in [0.2, 0.25) is 12.2 Å². The summed E-state index contributed by atoms with van der Waals surface area (Å²) in [5.74, 6) is -5.08. The van der Waals surface area contributed by atoms with Gasteiger partial charge in [-0.3, -0.25) is 33.6 Å². The van der Waals surface area contributed by atoms with E-state index in [1.807, 2.05) is 12.1 Å². The molecule has 2 saturated heterocycles. The number of ether oxygens (including phenoxy) is 5. The van der Waals surface area contributed by atoms with E-state index in [1.54, 1.807) is 105 Å². The van der Waals surface area contributed by atoms with E-state index in [4.69, 9.17) is 34.5 Å². The van der Waals surface area contributed by atoms with E-state index in [2.05, 4.69) is 29.7 Å². The topological polar surface area (TPSA) is 303 Å². The summed E-state index contributed by atoms with van der Waals surface area (Å²) in [5.41, 5.74) is 12.0. The van der Waals surface area contributed by atoms with E-state index in [0.29, 0.717) is 41.3 Å². The molecule has 0 saturated carbocycles. The first kappa shape index (κ1) is 60.5. The number of rotatable bonds is 12. The zero-order chi connectivity index (χ0) is 57.6. The fraction of sp³-hybridized carbons (Fsp3) is 0.400. The van der Waals surface area contributed by atoms with Gasteiger partial charge in [-0.05, 0) is 110 Å². The van der Waals surface area contributed by atoms with Crippen LogP contribution in [0.15, 0.2) is 84.9 Å². The number of benzene rings is 4. The van der Waals surface area contributed by atoms with Crippen molar-refractivity contribution in [3.8, 4) is 0 Å². The van der Waals surface area contributed by atoms with Crippen molar-refractivity contribution in [3.63, 3.8) is 0 Å². The number of aliphatic carboxylic acids is 1. The molecule has 23 nitrogen and oxygen atoms in total. The standard InChI is InChI=1S/C29H34N4O8.C17H18N2O7.C8H11N.CH4O/c1-17(34)40-23(25(35)31-20-8-6-18(7-9-20)15-30-28(38)41-29(2,3)4)24-27(37)33(12-13-39-24)21-10-11-22-19(14-21)16-32(5)26(22)36;1-9(20)26-14(17(23)24)13-16(22)19(5-6-25-13)11-3-4-12-10(7-11)8-18(2)15(12)21;1-2-7-3-5-8(9)6-4-7;1-2/h6-11,14,23-24H,12-13,15-16H2,1-5H3,(H,30,38)(H,31,35);3-4,7,13-14H,5-6,8H2,1-2H3,(H,23,24);3-6H,2,9H2,1H3;2H,1H3/t23-,24-;13-,14-;;/m11../s1. The Balaban J connectivity index is 0.000000256. The Hall–Kier alpha value is -8.41. The predicted molar refractivity (Wildman–Crippen MR) is 284 cm³/mol. The van der Waals surface area contributed by atoms with Crippen molar-refractivity contribution in [2.45, 2.75) is 97.6 Å². The Morgan fingerprint density at radius 3 is 1.58 bits per heavy atom. The number of nitrogens with two attached hydrogens (primary N) is 1. The minimum absolute atomic E-state index is 0.0847. The maximum Gasteiger partial charge on any atom is 0.407 e. The highest BCUT2D eigenvalue weighted by molar-refractivity contribution is 6.06. The molecule has 418 valence electrons. The van der Waals surface area contributed by atoms with Crippen molar-refractivity contribution < 1.29 is 77.0 Å². The Morgan fingerprint density at radius 1 is 0.692 bits per heavy atom. The molecule has 0 radical (unpaired) electrons. The first-order chi connectivity index (χ1) is 36.9. The maximum atomic E-state index is 13.5. The second-order valence-corrected chi connectivity index (χ2v) is 19.1. The third kappa shape index (κ3) is 15.8. The Kier molecular flexibility index (Phi) is 21.0. The minimum Gasteiger partial charge on any atom is -0.478 e. The predicted octanol–water partition coefficient (Wildman–Crippen LogP) is 4.06. The fourth-order valence-electron chi connectivity index (χ4n) is 8.41. The third-order valence-corrected chi connectivity index (χ3v) is 12.1. The Bertz CT molecular complexity index is 2850. The second-order valence-electron chi connectivity index (χ2n) is 19.1. The summed E-state index contributed by atoms with van der Waals surface area (Å²) in [6.07, 6.45) is -5.53. The molecule has 6 N–H and O–H groups in total. The van der Waals surface area contributed by atoms with Crippen molar-refractivity contribution in [3.05, 3.63) is 118 Å². The van der Waals surface area contributed by atoms with Crippen LogP contribution in [0.1, 0.15) is 84.5 Å². The van der Waals surface area contributed by atoms with Crippen molar-refractivity contribution >= 4 is 76.3 Å². The zero-order valence-electron chi connectivity index (χ0n) is 45.0. The van der Waals surface area contributed by atoms with Crippen LogP contribution in [0.5, 0.6) is 0 Å². The number of hydrogen-bond donors (Lipinski definition) is 5. The number of aliphatic hydroxyl groups excluding tert-OH is 1. The summed E-state index contributed by atoms with van der Waals surface area (Å²) in [5, 5.41) is 21.6. The van der Waals surface area contributed by atoms with Crippen LogP contribution in [0, 0.1) is 0 Å². The monoisotopic (exact) mass is 1080 g/mol. The molecular weight excluding hydrogens is 1010 g/mol.